The fraction of sp³-hybridized carbons (Fsp3) is 0.182. The number of fused-ring (bicyclic) bond motifs is 1. The Morgan fingerprint density at radius 1 is 1.32 bits per heavy atom. The number of rotatable bonds is 5. The molecule has 0 aliphatic carbocycles. The van der Waals surface area contributed by atoms with Crippen LogP contribution in [0.2, 0.25) is 0 Å². The van der Waals surface area contributed by atoms with Crippen molar-refractivity contribution in [3.05, 3.63) is 41.0 Å². The van der Waals surface area contributed by atoms with Crippen molar-refractivity contribution in [2.75, 3.05) is 6.54 Å². The summed E-state index contributed by atoms with van der Waals surface area (Å²) in [6, 6.07) is 3.32. The molecule has 5 nitrogen and oxygen atoms in total. The van der Waals surface area contributed by atoms with E-state index in [-0.39, 0.29) is 0 Å². The molecule has 0 saturated carbocycles. The van der Waals surface area contributed by atoms with Crippen LogP contribution in [-0.4, -0.2) is 24.3 Å². The van der Waals surface area contributed by atoms with E-state index in [1.165, 1.54) is 11.3 Å². The number of aromatic nitrogens is 2. The van der Waals surface area contributed by atoms with Gasteiger partial charge in [-0.05, 0) is 11.4 Å². The molecule has 1 N–H and O–H groups in total. The zero-order valence-corrected chi connectivity index (χ0v) is 12.3. The number of nitrogens with one attached hydrogen (secondary N) is 1. The van der Waals surface area contributed by atoms with Crippen molar-refractivity contribution >= 4 is 37.7 Å². The van der Waals surface area contributed by atoms with Crippen molar-refractivity contribution in [1.82, 2.24) is 14.1 Å². The molecule has 0 amide bonds. The van der Waals surface area contributed by atoms with Crippen LogP contribution in [0.15, 0.2) is 39.5 Å². The Bertz CT molecular complexity index is 743. The van der Waals surface area contributed by atoms with Crippen molar-refractivity contribution in [2.24, 2.45) is 0 Å². The van der Waals surface area contributed by atoms with Crippen LogP contribution in [0.25, 0.3) is 4.96 Å². The molecule has 0 bridgehead atoms. The molecule has 3 rings (SSSR count). The minimum Gasteiger partial charge on any atom is -0.297 e. The molecule has 8 heteroatoms. The molecule has 0 aliphatic heterocycles. The first-order valence-corrected chi connectivity index (χ1v) is 8.84. The van der Waals surface area contributed by atoms with Crippen LogP contribution >= 0.6 is 22.7 Å². The second-order valence-electron chi connectivity index (χ2n) is 3.90. The third kappa shape index (κ3) is 2.71. The minimum atomic E-state index is -3.37. The topological polar surface area (TPSA) is 63.5 Å². The highest BCUT2D eigenvalue weighted by molar-refractivity contribution is 7.91. The van der Waals surface area contributed by atoms with Crippen molar-refractivity contribution in [2.45, 2.75) is 10.6 Å². The Morgan fingerprint density at radius 2 is 2.21 bits per heavy atom. The quantitative estimate of drug-likeness (QED) is 0.783. The molecule has 0 aliphatic rings. The molecule has 3 heterocycles. The molecule has 0 spiro atoms. The van der Waals surface area contributed by atoms with Crippen LogP contribution in [0.4, 0.5) is 0 Å². The zero-order chi connectivity index (χ0) is 13.3. The first kappa shape index (κ1) is 12.8. The van der Waals surface area contributed by atoms with Gasteiger partial charge in [-0.3, -0.25) is 4.40 Å². The lowest BCUT2D eigenvalue weighted by Crippen LogP contribution is -2.25. The van der Waals surface area contributed by atoms with E-state index in [1.807, 2.05) is 22.2 Å². The second-order valence-corrected chi connectivity index (χ2v) is 7.72. The van der Waals surface area contributed by atoms with Gasteiger partial charge in [-0.2, -0.15) is 0 Å². The van der Waals surface area contributed by atoms with Gasteiger partial charge in [0.2, 0.25) is 10.0 Å². The summed E-state index contributed by atoms with van der Waals surface area (Å²) in [5.74, 6) is 0. The number of thiazole rings is 1. The lowest BCUT2D eigenvalue weighted by Gasteiger charge is -2.02. The number of hydrogen-bond acceptors (Lipinski definition) is 5. The number of thiophene rings is 1. The minimum absolute atomic E-state index is 0.346. The Balaban J connectivity index is 1.63. The van der Waals surface area contributed by atoms with Crippen LogP contribution in [-0.2, 0) is 16.4 Å². The van der Waals surface area contributed by atoms with Gasteiger partial charge in [0.1, 0.15) is 4.21 Å². The molecular weight excluding hydrogens is 302 g/mol. The van der Waals surface area contributed by atoms with Gasteiger partial charge in [0.15, 0.2) is 4.96 Å². The molecule has 0 saturated heterocycles. The van der Waals surface area contributed by atoms with Crippen molar-refractivity contribution < 1.29 is 8.42 Å². The van der Waals surface area contributed by atoms with Crippen LogP contribution in [0.5, 0.6) is 0 Å². The van der Waals surface area contributed by atoms with E-state index in [4.69, 9.17) is 0 Å². The van der Waals surface area contributed by atoms with Crippen molar-refractivity contribution in [3.63, 3.8) is 0 Å². The summed E-state index contributed by atoms with van der Waals surface area (Å²) in [5, 5.41) is 3.71. The Labute approximate surface area is 118 Å². The number of nitrogens with zero attached hydrogens (tertiary/aromatic N) is 2. The van der Waals surface area contributed by atoms with E-state index >= 15 is 0 Å². The number of imidazole rings is 1. The summed E-state index contributed by atoms with van der Waals surface area (Å²) < 4.78 is 28.6. The van der Waals surface area contributed by atoms with Gasteiger partial charge in [-0.25, -0.2) is 18.1 Å². The summed E-state index contributed by atoms with van der Waals surface area (Å²) >= 11 is 2.77. The molecule has 3 aromatic rings. The highest BCUT2D eigenvalue weighted by atomic mass is 32.2. The Kier molecular flexibility index (Phi) is 3.40. The van der Waals surface area contributed by atoms with Crippen LogP contribution < -0.4 is 4.72 Å². The summed E-state index contributed by atoms with van der Waals surface area (Å²) in [6.45, 7) is 0.352. The highest BCUT2D eigenvalue weighted by Gasteiger charge is 2.14. The SMILES string of the molecule is O=S(=O)(NCCc1cn2ccsc2n1)c1cccs1. The maximum atomic E-state index is 11.9. The average Bonchev–Trinajstić information content (AvgIpc) is 3.04. The molecule has 100 valence electrons. The highest BCUT2D eigenvalue weighted by Crippen LogP contribution is 2.15. The third-order valence-corrected chi connectivity index (χ3v) is 6.21. The second kappa shape index (κ2) is 5.04. The van der Waals surface area contributed by atoms with Gasteiger partial charge < -0.3 is 0 Å². The van der Waals surface area contributed by atoms with Gasteiger partial charge in [0.05, 0.1) is 5.69 Å². The molecule has 0 unspecified atom stereocenters. The maximum absolute atomic E-state index is 11.9. The van der Waals surface area contributed by atoms with Gasteiger partial charge >= 0.3 is 0 Å². The fourth-order valence-corrected chi connectivity index (χ4v) is 4.49. The Hall–Kier alpha value is -1.22. The van der Waals surface area contributed by atoms with Crippen molar-refractivity contribution in [3.8, 4) is 0 Å². The van der Waals surface area contributed by atoms with Crippen LogP contribution in [0, 0.1) is 0 Å². The molecule has 0 atom stereocenters. The van der Waals surface area contributed by atoms with Crippen LogP contribution in [0.1, 0.15) is 5.69 Å². The lowest BCUT2D eigenvalue weighted by molar-refractivity contribution is 0.583. The summed E-state index contributed by atoms with van der Waals surface area (Å²) in [7, 11) is -3.37. The summed E-state index contributed by atoms with van der Waals surface area (Å²) in [6.07, 6.45) is 4.44. The van der Waals surface area contributed by atoms with E-state index in [1.54, 1.807) is 28.8 Å². The largest absolute Gasteiger partial charge is 0.297 e. The standard InChI is InChI=1S/C11H11N3O2S3/c15-19(16,10-2-1-6-17-10)12-4-3-9-8-14-5-7-18-11(14)13-9/h1-2,5-8,12H,3-4H2. The fourth-order valence-electron chi connectivity index (χ4n) is 1.70. The van der Waals surface area contributed by atoms with E-state index < -0.39 is 10.0 Å². The first-order chi connectivity index (χ1) is 9.15. The number of sulfonamides is 1. The predicted molar refractivity (Wildman–Crippen MR) is 76.3 cm³/mol. The van der Waals surface area contributed by atoms with Crippen LogP contribution in [0.3, 0.4) is 0 Å². The van der Waals surface area contributed by atoms with Crippen molar-refractivity contribution in [1.29, 1.82) is 0 Å². The predicted octanol–water partition coefficient (Wildman–Crippen LogP) is 1.98. The Morgan fingerprint density at radius 3 is 2.95 bits per heavy atom. The molecule has 0 fully saturated rings. The summed E-state index contributed by atoms with van der Waals surface area (Å²) in [4.78, 5) is 5.33. The summed E-state index contributed by atoms with van der Waals surface area (Å²) in [5.41, 5.74) is 0.890. The first-order valence-electron chi connectivity index (χ1n) is 5.59. The molecule has 0 radical (unpaired) electrons. The van der Waals surface area contributed by atoms with Gasteiger partial charge in [-0.15, -0.1) is 22.7 Å². The maximum Gasteiger partial charge on any atom is 0.250 e. The molecule has 19 heavy (non-hydrogen) atoms. The smallest absolute Gasteiger partial charge is 0.250 e. The monoisotopic (exact) mass is 313 g/mol. The van der Waals surface area contributed by atoms with E-state index in [0.717, 1.165) is 10.7 Å². The molecule has 3 aromatic heterocycles. The van der Waals surface area contributed by atoms with E-state index in [0.29, 0.717) is 17.2 Å². The normalized spacial score (nSPS) is 12.2. The number of hydrogen-bond donors (Lipinski definition) is 1. The lowest BCUT2D eigenvalue weighted by atomic mass is 10.3. The third-order valence-electron chi connectivity index (χ3n) is 2.58. The van der Waals surface area contributed by atoms with E-state index in [2.05, 4.69) is 9.71 Å². The van der Waals surface area contributed by atoms with Gasteiger partial charge in [-0.1, -0.05) is 6.07 Å². The van der Waals surface area contributed by atoms with E-state index in [9.17, 15) is 8.42 Å². The molecule has 0 aromatic carbocycles. The van der Waals surface area contributed by atoms with Gasteiger partial charge in [0.25, 0.3) is 0 Å². The molecular formula is C11H11N3O2S3. The average molecular weight is 313 g/mol. The van der Waals surface area contributed by atoms with Gasteiger partial charge in [0, 0.05) is 30.7 Å². The zero-order valence-electron chi connectivity index (χ0n) is 9.81.